The minimum atomic E-state index is -3.40. The predicted octanol–water partition coefficient (Wildman–Crippen LogP) is 5.96. The number of rotatable bonds is 3. The summed E-state index contributed by atoms with van der Waals surface area (Å²) in [7, 11) is -3.40. The van der Waals surface area contributed by atoms with E-state index in [9.17, 15) is 13.5 Å². The van der Waals surface area contributed by atoms with Gasteiger partial charge in [-0.3, -0.25) is 0 Å². The van der Waals surface area contributed by atoms with Crippen molar-refractivity contribution in [1.82, 2.24) is 0 Å². The summed E-state index contributed by atoms with van der Waals surface area (Å²) in [6.07, 6.45) is 0. The Morgan fingerprint density at radius 3 is 1.61 bits per heavy atom. The van der Waals surface area contributed by atoms with Crippen molar-refractivity contribution in [2.75, 3.05) is 0 Å². The molecule has 0 unspecified atom stereocenters. The molecule has 0 aliphatic heterocycles. The summed E-state index contributed by atoms with van der Waals surface area (Å²) in [5.41, 5.74) is 3.68. The van der Waals surface area contributed by atoms with E-state index in [0.29, 0.717) is 21.5 Å². The molecule has 0 fully saturated rings. The maximum atomic E-state index is 12.5. The van der Waals surface area contributed by atoms with Gasteiger partial charge < -0.3 is 5.11 Å². The Morgan fingerprint density at radius 2 is 1.21 bits per heavy atom. The highest BCUT2D eigenvalue weighted by Gasteiger charge is 2.20. The number of phenols is 1. The molecule has 0 atom stereocenters. The van der Waals surface area contributed by atoms with Crippen LogP contribution in [0, 0.1) is 20.8 Å². The molecule has 0 amide bonds. The molecule has 0 aliphatic carbocycles. The molecule has 0 aliphatic rings. The molecule has 3 nitrogen and oxygen atoms in total. The van der Waals surface area contributed by atoms with E-state index in [2.05, 4.69) is 13.8 Å². The Bertz CT molecular complexity index is 999. The number of hydrogen-bond acceptors (Lipinski definition) is 3. The molecule has 148 valence electrons. The smallest absolute Gasteiger partial charge is 0.207 e. The van der Waals surface area contributed by atoms with Gasteiger partial charge in [0.1, 0.15) is 5.75 Å². The Hall–Kier alpha value is -2.59. The Kier molecular flexibility index (Phi) is 7.03. The third kappa shape index (κ3) is 5.02. The van der Waals surface area contributed by atoms with Gasteiger partial charge in [-0.15, -0.1) is 0 Å². The van der Waals surface area contributed by atoms with Crippen molar-refractivity contribution >= 4 is 9.84 Å². The maximum Gasteiger partial charge on any atom is 0.207 e. The van der Waals surface area contributed by atoms with E-state index in [1.807, 2.05) is 57.2 Å². The van der Waals surface area contributed by atoms with E-state index in [4.69, 9.17) is 0 Å². The van der Waals surface area contributed by atoms with Gasteiger partial charge in [-0.1, -0.05) is 62.4 Å². The fourth-order valence-corrected chi connectivity index (χ4v) is 4.71. The lowest BCUT2D eigenvalue weighted by Gasteiger charge is -2.09. The van der Waals surface area contributed by atoms with Crippen molar-refractivity contribution in [3.63, 3.8) is 0 Å². The fraction of sp³-hybridized carbons (Fsp3) is 0.250. The highest BCUT2D eigenvalue weighted by atomic mass is 32.2. The first kappa shape index (κ1) is 21.7. The normalized spacial score (nSPS) is 11.1. The molecule has 0 heterocycles. The van der Waals surface area contributed by atoms with E-state index in [1.54, 1.807) is 30.3 Å². The van der Waals surface area contributed by atoms with E-state index >= 15 is 0 Å². The van der Waals surface area contributed by atoms with E-state index < -0.39 is 9.84 Å². The largest absolute Gasteiger partial charge is 0.508 e. The molecule has 3 aromatic rings. The number of hydrogen-bond donors (Lipinski definition) is 1. The minimum Gasteiger partial charge on any atom is -0.508 e. The first-order valence-corrected chi connectivity index (χ1v) is 10.8. The predicted molar refractivity (Wildman–Crippen MR) is 115 cm³/mol. The van der Waals surface area contributed by atoms with Crippen LogP contribution in [0.2, 0.25) is 0 Å². The van der Waals surface area contributed by atoms with Gasteiger partial charge >= 0.3 is 0 Å². The highest BCUT2D eigenvalue weighted by molar-refractivity contribution is 7.91. The van der Waals surface area contributed by atoms with E-state index in [0.717, 1.165) is 22.3 Å². The molecule has 0 bridgehead atoms. The van der Waals surface area contributed by atoms with E-state index in [1.165, 1.54) is 0 Å². The summed E-state index contributed by atoms with van der Waals surface area (Å²) in [6.45, 7) is 9.74. The summed E-state index contributed by atoms with van der Waals surface area (Å²) in [5.74, 6) is 0.815. The molecule has 0 saturated heterocycles. The van der Waals surface area contributed by atoms with Crippen LogP contribution in [-0.2, 0) is 9.84 Å². The van der Waals surface area contributed by atoms with Gasteiger partial charge in [0, 0.05) is 0 Å². The molecule has 3 rings (SSSR count). The van der Waals surface area contributed by atoms with Crippen LogP contribution in [0.3, 0.4) is 0 Å². The third-order valence-corrected chi connectivity index (χ3v) is 6.65. The maximum absolute atomic E-state index is 12.5. The molecule has 28 heavy (non-hydrogen) atoms. The lowest BCUT2D eigenvalue weighted by atomic mass is 10.0. The molecule has 0 saturated carbocycles. The van der Waals surface area contributed by atoms with Crippen LogP contribution in [0.5, 0.6) is 5.75 Å². The molecular formula is C24H28O3S. The van der Waals surface area contributed by atoms with Gasteiger partial charge in [0.05, 0.1) is 9.79 Å². The van der Waals surface area contributed by atoms with Crippen molar-refractivity contribution in [1.29, 1.82) is 0 Å². The fourth-order valence-electron chi connectivity index (χ4n) is 2.98. The van der Waals surface area contributed by atoms with Crippen LogP contribution >= 0.6 is 0 Å². The molecule has 0 aromatic heterocycles. The van der Waals surface area contributed by atoms with Crippen LogP contribution < -0.4 is 0 Å². The molecule has 0 spiro atoms. The number of aromatic hydroxyl groups is 1. The molecule has 4 heteroatoms. The Labute approximate surface area is 168 Å². The Morgan fingerprint density at radius 1 is 0.750 bits per heavy atom. The SMILES string of the molecule is Cc1ccc(C(C)C)c(O)c1.Cc1ccccc1S(=O)(=O)c1ccccc1C. The number of sulfone groups is 1. The monoisotopic (exact) mass is 396 g/mol. The lowest BCUT2D eigenvalue weighted by Crippen LogP contribution is -2.05. The van der Waals surface area contributed by atoms with Gasteiger partial charge in [-0.2, -0.15) is 0 Å². The topological polar surface area (TPSA) is 54.4 Å². The summed E-state index contributed by atoms with van der Waals surface area (Å²) in [4.78, 5) is 0.767. The van der Waals surface area contributed by atoms with Crippen molar-refractivity contribution in [2.45, 2.75) is 50.3 Å². The summed E-state index contributed by atoms with van der Waals surface area (Å²) < 4.78 is 25.0. The summed E-state index contributed by atoms with van der Waals surface area (Å²) in [6, 6.07) is 19.9. The molecule has 3 aromatic carbocycles. The van der Waals surface area contributed by atoms with Gasteiger partial charge in [0.25, 0.3) is 0 Å². The zero-order chi connectivity index (χ0) is 20.9. The van der Waals surface area contributed by atoms with Crippen LogP contribution in [0.15, 0.2) is 76.5 Å². The van der Waals surface area contributed by atoms with Crippen molar-refractivity contribution in [3.8, 4) is 5.75 Å². The molecule has 0 radical (unpaired) electrons. The van der Waals surface area contributed by atoms with Gasteiger partial charge in [0.2, 0.25) is 9.84 Å². The zero-order valence-corrected chi connectivity index (χ0v) is 17.9. The van der Waals surface area contributed by atoms with Gasteiger partial charge in [-0.25, -0.2) is 8.42 Å². The minimum absolute atomic E-state index is 0.384. The average molecular weight is 397 g/mol. The second kappa shape index (κ2) is 9.07. The Balaban J connectivity index is 0.000000221. The van der Waals surface area contributed by atoms with Crippen LogP contribution in [-0.4, -0.2) is 13.5 Å². The van der Waals surface area contributed by atoms with Crippen LogP contribution in [0.4, 0.5) is 0 Å². The van der Waals surface area contributed by atoms with Gasteiger partial charge in [-0.05, 0) is 67.1 Å². The van der Waals surface area contributed by atoms with Crippen LogP contribution in [0.25, 0.3) is 0 Å². The lowest BCUT2D eigenvalue weighted by molar-refractivity contribution is 0.464. The van der Waals surface area contributed by atoms with Crippen LogP contribution in [0.1, 0.15) is 42.0 Å². The second-order valence-corrected chi connectivity index (χ2v) is 9.14. The summed E-state index contributed by atoms with van der Waals surface area (Å²) in [5, 5.41) is 9.46. The standard InChI is InChI=1S/C14H14O2S.C10H14O/c1-11-7-3-5-9-13(11)17(15,16)14-10-6-4-8-12(14)2;1-7(2)9-5-4-8(3)6-10(9)11/h3-10H,1-2H3;4-7,11H,1-3H3. The van der Waals surface area contributed by atoms with Gasteiger partial charge in [0.15, 0.2) is 0 Å². The molecule has 1 N–H and O–H groups in total. The highest BCUT2D eigenvalue weighted by Crippen LogP contribution is 2.26. The summed E-state index contributed by atoms with van der Waals surface area (Å²) >= 11 is 0. The van der Waals surface area contributed by atoms with Crippen molar-refractivity contribution in [2.24, 2.45) is 0 Å². The molecular weight excluding hydrogens is 368 g/mol. The number of aryl methyl sites for hydroxylation is 3. The number of benzene rings is 3. The first-order valence-electron chi connectivity index (χ1n) is 9.30. The second-order valence-electron chi connectivity index (χ2n) is 7.25. The third-order valence-electron chi connectivity index (χ3n) is 4.57. The zero-order valence-electron chi connectivity index (χ0n) is 17.1. The average Bonchev–Trinajstić information content (AvgIpc) is 2.62. The quantitative estimate of drug-likeness (QED) is 0.594. The first-order chi connectivity index (χ1) is 13.1. The number of phenolic OH excluding ortho intramolecular Hbond substituents is 1. The van der Waals surface area contributed by atoms with E-state index in [-0.39, 0.29) is 0 Å². The van der Waals surface area contributed by atoms with Crippen molar-refractivity contribution in [3.05, 3.63) is 89.0 Å². The van der Waals surface area contributed by atoms with Crippen molar-refractivity contribution < 1.29 is 13.5 Å².